The molecule has 3 amide bonds. The molecule has 1 atom stereocenters. The van der Waals surface area contributed by atoms with E-state index in [9.17, 15) is 19.2 Å². The van der Waals surface area contributed by atoms with Crippen LogP contribution >= 0.6 is 0 Å². The number of carbonyl (C=O) groups excluding carboxylic acids is 4. The summed E-state index contributed by atoms with van der Waals surface area (Å²) < 4.78 is 4.97. The molecule has 3 aromatic rings. The number of amides is 3. The fourth-order valence-electron chi connectivity index (χ4n) is 3.76. The van der Waals surface area contributed by atoms with E-state index in [0.29, 0.717) is 11.3 Å². The number of benzene rings is 3. The maximum absolute atomic E-state index is 13.3. The van der Waals surface area contributed by atoms with Gasteiger partial charge in [-0.2, -0.15) is 0 Å². The van der Waals surface area contributed by atoms with Crippen molar-refractivity contribution in [2.24, 2.45) is 0 Å². The van der Waals surface area contributed by atoms with Crippen LogP contribution in [0.4, 0.5) is 5.69 Å². The van der Waals surface area contributed by atoms with E-state index in [-0.39, 0.29) is 24.2 Å². The second-order valence-corrected chi connectivity index (χ2v) is 7.52. The molecule has 0 radical (unpaired) electrons. The van der Waals surface area contributed by atoms with Gasteiger partial charge in [0.2, 0.25) is 5.91 Å². The van der Waals surface area contributed by atoms with E-state index < -0.39 is 29.7 Å². The Morgan fingerprint density at radius 2 is 1.42 bits per heavy atom. The average Bonchev–Trinajstić information content (AvgIpc) is 3.09. The highest BCUT2D eigenvalue weighted by atomic mass is 16.5. The predicted octanol–water partition coefficient (Wildman–Crippen LogP) is 3.71. The fraction of sp³-hybridized carbons (Fsp3) is 0.154. The number of hydrogen-bond donors (Lipinski definition) is 1. The third-order valence-electron chi connectivity index (χ3n) is 5.38. The van der Waals surface area contributed by atoms with Gasteiger partial charge >= 0.3 is 5.97 Å². The van der Waals surface area contributed by atoms with Gasteiger partial charge in [0.1, 0.15) is 6.04 Å². The van der Waals surface area contributed by atoms with E-state index in [1.165, 1.54) is 0 Å². The molecule has 0 aliphatic carbocycles. The minimum atomic E-state index is -1.05. The first kappa shape index (κ1) is 22.0. The number of nitrogens with zero attached hydrogens (tertiary/aromatic N) is 1. The van der Waals surface area contributed by atoms with E-state index in [2.05, 4.69) is 5.32 Å². The molecule has 7 heteroatoms. The van der Waals surface area contributed by atoms with Crippen molar-refractivity contribution in [2.45, 2.75) is 19.4 Å². The normalized spacial score (nSPS) is 13.4. The quantitative estimate of drug-likeness (QED) is 0.445. The van der Waals surface area contributed by atoms with Crippen molar-refractivity contribution in [2.75, 3.05) is 11.9 Å². The number of rotatable bonds is 7. The highest BCUT2D eigenvalue weighted by Gasteiger charge is 2.42. The summed E-state index contributed by atoms with van der Waals surface area (Å²) in [6.07, 6.45) is 0.166. The van der Waals surface area contributed by atoms with Gasteiger partial charge in [0.05, 0.1) is 23.3 Å². The maximum atomic E-state index is 13.3. The van der Waals surface area contributed by atoms with Gasteiger partial charge < -0.3 is 10.1 Å². The van der Waals surface area contributed by atoms with Crippen LogP contribution < -0.4 is 5.32 Å². The zero-order valence-corrected chi connectivity index (χ0v) is 18.0. The maximum Gasteiger partial charge on any atom is 0.338 e. The second kappa shape index (κ2) is 9.48. The lowest BCUT2D eigenvalue weighted by Crippen LogP contribution is -2.48. The Balaban J connectivity index is 1.60. The van der Waals surface area contributed by atoms with E-state index in [0.717, 1.165) is 10.5 Å². The zero-order valence-electron chi connectivity index (χ0n) is 18.0. The smallest absolute Gasteiger partial charge is 0.338 e. The molecular formula is C26H22N2O5. The van der Waals surface area contributed by atoms with Crippen LogP contribution in [0.3, 0.4) is 0 Å². The lowest BCUT2D eigenvalue weighted by atomic mass is 10.0. The molecular weight excluding hydrogens is 420 g/mol. The highest BCUT2D eigenvalue weighted by molar-refractivity contribution is 6.23. The van der Waals surface area contributed by atoms with E-state index >= 15 is 0 Å². The van der Waals surface area contributed by atoms with Crippen LogP contribution in [0, 0.1) is 0 Å². The first-order valence-electron chi connectivity index (χ1n) is 10.6. The summed E-state index contributed by atoms with van der Waals surface area (Å²) in [7, 11) is 0. The minimum absolute atomic E-state index is 0.166. The lowest BCUT2D eigenvalue weighted by molar-refractivity contribution is -0.119. The van der Waals surface area contributed by atoms with Gasteiger partial charge in [0.25, 0.3) is 11.8 Å². The van der Waals surface area contributed by atoms with Crippen molar-refractivity contribution in [1.29, 1.82) is 0 Å². The fourth-order valence-corrected chi connectivity index (χ4v) is 3.76. The average molecular weight is 442 g/mol. The molecule has 0 unspecified atom stereocenters. The molecule has 1 N–H and O–H groups in total. The summed E-state index contributed by atoms with van der Waals surface area (Å²) in [5.74, 6) is -1.95. The number of ether oxygens (including phenoxy) is 1. The standard InChI is InChI=1S/C26H22N2O5/c1-2-33-26(32)18-12-14-19(15-13-18)27-23(29)22(16-17-8-4-3-5-9-17)28-24(30)20-10-6-7-11-21(20)25(28)31/h3-15,22H,2,16H2,1H3,(H,27,29)/t22-/m0/s1. The third kappa shape index (κ3) is 4.52. The molecule has 0 fully saturated rings. The number of fused-ring (bicyclic) bond motifs is 1. The first-order chi connectivity index (χ1) is 16.0. The van der Waals surface area contributed by atoms with Crippen molar-refractivity contribution < 1.29 is 23.9 Å². The van der Waals surface area contributed by atoms with Crippen LogP contribution in [-0.2, 0) is 16.0 Å². The van der Waals surface area contributed by atoms with Crippen molar-refractivity contribution in [1.82, 2.24) is 4.90 Å². The Kier molecular flexibility index (Phi) is 6.31. The van der Waals surface area contributed by atoms with Gasteiger partial charge in [-0.05, 0) is 48.9 Å². The third-order valence-corrected chi connectivity index (χ3v) is 5.38. The van der Waals surface area contributed by atoms with Crippen LogP contribution in [-0.4, -0.2) is 41.2 Å². The van der Waals surface area contributed by atoms with Crippen molar-refractivity contribution in [3.05, 3.63) is 101 Å². The van der Waals surface area contributed by atoms with E-state index in [1.807, 2.05) is 30.3 Å². The Morgan fingerprint density at radius 3 is 2.00 bits per heavy atom. The van der Waals surface area contributed by atoms with Crippen LogP contribution in [0.5, 0.6) is 0 Å². The second-order valence-electron chi connectivity index (χ2n) is 7.52. The number of carbonyl (C=O) groups is 4. The van der Waals surface area contributed by atoms with Crippen molar-refractivity contribution in [3.8, 4) is 0 Å². The van der Waals surface area contributed by atoms with E-state index in [4.69, 9.17) is 4.74 Å². The SMILES string of the molecule is CCOC(=O)c1ccc(NC(=O)[C@H](Cc2ccccc2)N2C(=O)c3ccccc3C2=O)cc1. The van der Waals surface area contributed by atoms with Crippen LogP contribution in [0.25, 0.3) is 0 Å². The monoisotopic (exact) mass is 442 g/mol. The van der Waals surface area contributed by atoms with Gasteiger partial charge in [-0.3, -0.25) is 19.3 Å². The molecule has 4 rings (SSSR count). The summed E-state index contributed by atoms with van der Waals surface area (Å²) in [6.45, 7) is 1.98. The van der Waals surface area contributed by atoms with E-state index in [1.54, 1.807) is 55.5 Å². The predicted molar refractivity (Wildman–Crippen MR) is 122 cm³/mol. The number of nitrogens with one attached hydrogen (secondary N) is 1. The summed E-state index contributed by atoms with van der Waals surface area (Å²) in [4.78, 5) is 52.3. The van der Waals surface area contributed by atoms with Crippen molar-refractivity contribution in [3.63, 3.8) is 0 Å². The summed E-state index contributed by atoms with van der Waals surface area (Å²) in [5.41, 5.74) is 2.17. The topological polar surface area (TPSA) is 92.8 Å². The molecule has 0 spiro atoms. The summed E-state index contributed by atoms with van der Waals surface area (Å²) in [6, 6.07) is 20.9. The van der Waals surface area contributed by atoms with Gasteiger partial charge in [-0.1, -0.05) is 42.5 Å². The number of hydrogen-bond acceptors (Lipinski definition) is 5. The van der Waals surface area contributed by atoms with Gasteiger partial charge in [0, 0.05) is 12.1 Å². The molecule has 1 aliphatic heterocycles. The molecule has 3 aromatic carbocycles. The molecule has 0 bridgehead atoms. The Labute approximate surface area is 191 Å². The van der Waals surface area contributed by atoms with Crippen LogP contribution in [0.2, 0.25) is 0 Å². The van der Waals surface area contributed by atoms with Gasteiger partial charge in [-0.25, -0.2) is 4.79 Å². The van der Waals surface area contributed by atoms with Gasteiger partial charge in [0.15, 0.2) is 0 Å². The number of imide groups is 1. The lowest BCUT2D eigenvalue weighted by Gasteiger charge is -2.25. The number of anilines is 1. The molecule has 0 saturated carbocycles. The molecule has 33 heavy (non-hydrogen) atoms. The summed E-state index contributed by atoms with van der Waals surface area (Å²) >= 11 is 0. The largest absolute Gasteiger partial charge is 0.462 e. The zero-order chi connectivity index (χ0) is 23.4. The molecule has 1 heterocycles. The van der Waals surface area contributed by atoms with Crippen LogP contribution in [0.15, 0.2) is 78.9 Å². The molecule has 7 nitrogen and oxygen atoms in total. The van der Waals surface area contributed by atoms with Crippen LogP contribution in [0.1, 0.15) is 43.6 Å². The molecule has 0 aromatic heterocycles. The Bertz CT molecular complexity index is 1170. The first-order valence-corrected chi connectivity index (χ1v) is 10.6. The Morgan fingerprint density at radius 1 is 0.848 bits per heavy atom. The summed E-state index contributed by atoms with van der Waals surface area (Å²) in [5, 5.41) is 2.77. The molecule has 1 aliphatic rings. The Hall–Kier alpha value is -4.26. The van der Waals surface area contributed by atoms with Crippen molar-refractivity contribution >= 4 is 29.4 Å². The molecule has 0 saturated heterocycles. The molecule has 166 valence electrons. The number of esters is 1. The highest BCUT2D eigenvalue weighted by Crippen LogP contribution is 2.26. The minimum Gasteiger partial charge on any atom is -0.462 e. The van der Waals surface area contributed by atoms with Gasteiger partial charge in [-0.15, -0.1) is 0 Å².